The fourth-order valence-electron chi connectivity index (χ4n) is 1.81. The molecule has 114 valence electrons. The number of thioether (sulfide) groups is 1. The van der Waals surface area contributed by atoms with Gasteiger partial charge in [0, 0.05) is 11.4 Å². The lowest BCUT2D eigenvalue weighted by Crippen LogP contribution is -2.10. The molecule has 2 rings (SSSR count). The second-order valence-corrected chi connectivity index (χ2v) is 6.43. The van der Waals surface area contributed by atoms with Crippen molar-refractivity contribution in [3.63, 3.8) is 0 Å². The molecule has 0 saturated heterocycles. The number of hydrogen-bond acceptors (Lipinski definition) is 4. The third-order valence-electron chi connectivity index (χ3n) is 2.64. The van der Waals surface area contributed by atoms with E-state index in [0.29, 0.717) is 10.6 Å². The van der Waals surface area contributed by atoms with E-state index < -0.39 is 17.7 Å². The monoisotopic (exact) mass is 336 g/mol. The molecule has 0 aliphatic rings. The molecule has 0 fully saturated rings. The molecular weight excluding hydrogens is 324 g/mol. The highest BCUT2D eigenvalue weighted by atomic mass is 32.2. The van der Waals surface area contributed by atoms with E-state index in [1.807, 2.05) is 6.92 Å². The van der Waals surface area contributed by atoms with Gasteiger partial charge in [-0.2, -0.15) is 13.2 Å². The molecule has 2 aromatic rings. The van der Waals surface area contributed by atoms with E-state index in [9.17, 15) is 17.6 Å². The maximum atomic E-state index is 14.0. The lowest BCUT2D eigenvalue weighted by molar-refractivity contribution is -0.141. The molecule has 0 saturated carbocycles. The molecule has 1 aromatic carbocycles. The van der Waals surface area contributed by atoms with Crippen LogP contribution in [0.3, 0.4) is 0 Å². The van der Waals surface area contributed by atoms with E-state index in [2.05, 4.69) is 4.98 Å². The van der Waals surface area contributed by atoms with Crippen LogP contribution in [-0.4, -0.2) is 10.7 Å². The first-order valence-corrected chi connectivity index (χ1v) is 7.87. The second-order valence-electron chi connectivity index (χ2n) is 4.04. The van der Waals surface area contributed by atoms with E-state index in [1.165, 1.54) is 23.9 Å². The summed E-state index contributed by atoms with van der Waals surface area (Å²) >= 11 is 2.14. The molecule has 0 atom stereocenters. The molecule has 21 heavy (non-hydrogen) atoms. The number of alkyl halides is 3. The summed E-state index contributed by atoms with van der Waals surface area (Å²) in [4.78, 5) is 4.07. The van der Waals surface area contributed by atoms with Crippen molar-refractivity contribution in [2.24, 2.45) is 5.73 Å². The molecule has 0 radical (unpaired) electrons. The molecule has 2 nitrogen and oxygen atoms in total. The number of aromatic nitrogens is 1. The minimum absolute atomic E-state index is 0.0109. The SMILES string of the molecule is CCSc1cccc(F)c1-c1nc(C(F)(F)F)c(CN)s1. The molecule has 0 aliphatic carbocycles. The van der Waals surface area contributed by atoms with Crippen LogP contribution < -0.4 is 5.73 Å². The highest BCUT2D eigenvalue weighted by Gasteiger charge is 2.37. The minimum atomic E-state index is -4.59. The first kappa shape index (κ1) is 16.3. The fourth-order valence-corrected chi connectivity index (χ4v) is 3.72. The molecule has 0 bridgehead atoms. The van der Waals surface area contributed by atoms with Crippen molar-refractivity contribution < 1.29 is 17.6 Å². The van der Waals surface area contributed by atoms with Crippen LogP contribution in [-0.2, 0) is 12.7 Å². The Morgan fingerprint density at radius 1 is 1.33 bits per heavy atom. The fraction of sp³-hybridized carbons (Fsp3) is 0.308. The van der Waals surface area contributed by atoms with Crippen molar-refractivity contribution in [1.82, 2.24) is 4.98 Å². The van der Waals surface area contributed by atoms with E-state index in [4.69, 9.17) is 5.73 Å². The number of hydrogen-bond donors (Lipinski definition) is 1. The van der Waals surface area contributed by atoms with Crippen molar-refractivity contribution in [1.29, 1.82) is 0 Å². The first-order chi connectivity index (χ1) is 9.88. The van der Waals surface area contributed by atoms with Gasteiger partial charge in [-0.1, -0.05) is 13.0 Å². The van der Waals surface area contributed by atoms with E-state index in [-0.39, 0.29) is 22.0 Å². The van der Waals surface area contributed by atoms with Crippen LogP contribution >= 0.6 is 23.1 Å². The minimum Gasteiger partial charge on any atom is -0.326 e. The van der Waals surface area contributed by atoms with Crippen LogP contribution in [0.25, 0.3) is 10.6 Å². The summed E-state index contributed by atoms with van der Waals surface area (Å²) in [7, 11) is 0. The zero-order valence-corrected chi connectivity index (χ0v) is 12.6. The van der Waals surface area contributed by atoms with E-state index >= 15 is 0 Å². The maximum Gasteiger partial charge on any atom is 0.434 e. The predicted octanol–water partition coefficient (Wildman–Crippen LogP) is 4.54. The average molecular weight is 336 g/mol. The number of benzene rings is 1. The van der Waals surface area contributed by atoms with Crippen LogP contribution in [0.15, 0.2) is 23.1 Å². The predicted molar refractivity (Wildman–Crippen MR) is 76.8 cm³/mol. The van der Waals surface area contributed by atoms with Crippen molar-refractivity contribution in [3.05, 3.63) is 34.6 Å². The topological polar surface area (TPSA) is 38.9 Å². The summed E-state index contributed by atoms with van der Waals surface area (Å²) in [6.07, 6.45) is -4.59. The largest absolute Gasteiger partial charge is 0.434 e. The summed E-state index contributed by atoms with van der Waals surface area (Å²) < 4.78 is 52.8. The quantitative estimate of drug-likeness (QED) is 0.658. The number of rotatable bonds is 4. The van der Waals surface area contributed by atoms with Gasteiger partial charge < -0.3 is 5.73 Å². The Bertz CT molecular complexity index is 638. The molecule has 2 N–H and O–H groups in total. The van der Waals surface area contributed by atoms with Gasteiger partial charge in [-0.3, -0.25) is 0 Å². The van der Waals surface area contributed by atoms with Crippen LogP contribution in [0.1, 0.15) is 17.5 Å². The van der Waals surface area contributed by atoms with Crippen molar-refractivity contribution >= 4 is 23.1 Å². The van der Waals surface area contributed by atoms with Crippen LogP contribution in [0, 0.1) is 5.82 Å². The Labute approximate surface area is 127 Å². The zero-order valence-electron chi connectivity index (χ0n) is 11.0. The van der Waals surface area contributed by atoms with Crippen molar-refractivity contribution in [2.45, 2.75) is 24.5 Å². The first-order valence-electron chi connectivity index (χ1n) is 6.07. The molecule has 0 unspecified atom stereocenters. The number of nitrogens with two attached hydrogens (primary N) is 1. The molecule has 1 aromatic heterocycles. The molecule has 8 heteroatoms. The summed E-state index contributed by atoms with van der Waals surface area (Å²) in [5.41, 5.74) is 4.43. The summed E-state index contributed by atoms with van der Waals surface area (Å²) in [6.45, 7) is 1.60. The normalized spacial score (nSPS) is 11.9. The molecule has 0 aliphatic heterocycles. The van der Waals surface area contributed by atoms with Crippen molar-refractivity contribution in [3.8, 4) is 10.6 Å². The highest BCUT2D eigenvalue weighted by Crippen LogP contribution is 2.41. The van der Waals surface area contributed by atoms with Gasteiger partial charge in [0.25, 0.3) is 0 Å². The van der Waals surface area contributed by atoms with Gasteiger partial charge >= 0.3 is 6.18 Å². The second kappa shape index (κ2) is 6.33. The van der Waals surface area contributed by atoms with Crippen LogP contribution in [0.4, 0.5) is 17.6 Å². The third-order valence-corrected chi connectivity index (χ3v) is 4.68. The lowest BCUT2D eigenvalue weighted by Gasteiger charge is -2.07. The van der Waals surface area contributed by atoms with Crippen LogP contribution in [0.2, 0.25) is 0 Å². The lowest BCUT2D eigenvalue weighted by atomic mass is 10.2. The van der Waals surface area contributed by atoms with Gasteiger partial charge in [0.1, 0.15) is 10.8 Å². The molecule has 0 spiro atoms. The van der Waals surface area contributed by atoms with Gasteiger partial charge in [-0.25, -0.2) is 9.37 Å². The van der Waals surface area contributed by atoms with Gasteiger partial charge in [-0.05, 0) is 17.9 Å². The van der Waals surface area contributed by atoms with Gasteiger partial charge in [0.05, 0.1) is 10.4 Å². The van der Waals surface area contributed by atoms with Crippen molar-refractivity contribution in [2.75, 3.05) is 5.75 Å². The zero-order chi connectivity index (χ0) is 15.6. The summed E-state index contributed by atoms with van der Waals surface area (Å²) in [5.74, 6) is 0.0945. The Morgan fingerprint density at radius 3 is 2.57 bits per heavy atom. The van der Waals surface area contributed by atoms with E-state index in [0.717, 1.165) is 11.3 Å². The third kappa shape index (κ3) is 3.38. The average Bonchev–Trinajstić information content (AvgIpc) is 2.83. The van der Waals surface area contributed by atoms with Gasteiger partial charge in [-0.15, -0.1) is 23.1 Å². The smallest absolute Gasteiger partial charge is 0.326 e. The number of thiazole rings is 1. The maximum absolute atomic E-state index is 14.0. The summed E-state index contributed by atoms with van der Waals surface area (Å²) in [5, 5.41) is 0.0109. The van der Waals surface area contributed by atoms with Gasteiger partial charge in [0.15, 0.2) is 5.69 Å². The summed E-state index contributed by atoms with van der Waals surface area (Å²) in [6, 6.07) is 4.41. The molecule has 0 amide bonds. The molecular formula is C13H12F4N2S2. The highest BCUT2D eigenvalue weighted by molar-refractivity contribution is 7.99. The molecule has 1 heterocycles. The van der Waals surface area contributed by atoms with Gasteiger partial charge in [0.2, 0.25) is 0 Å². The number of halogens is 4. The Balaban J connectivity index is 2.60. The van der Waals surface area contributed by atoms with Crippen LogP contribution in [0.5, 0.6) is 0 Å². The van der Waals surface area contributed by atoms with E-state index in [1.54, 1.807) is 6.07 Å². The Morgan fingerprint density at radius 2 is 2.05 bits per heavy atom. The Hall–Kier alpha value is -1.12. The standard InChI is InChI=1S/C13H12F4N2S2/c1-2-20-8-5-3-4-7(14)10(8)12-19-11(13(15,16)17)9(6-18)21-12/h3-5H,2,6,18H2,1H3. The number of nitrogens with zero attached hydrogens (tertiary/aromatic N) is 1. The Kier molecular flexibility index (Phi) is 4.90.